The second-order valence-electron chi connectivity index (χ2n) is 8.50. The lowest BCUT2D eigenvalue weighted by Crippen LogP contribution is -2.42. The Bertz CT molecular complexity index is 1150. The Kier molecular flexibility index (Phi) is 5.51. The second kappa shape index (κ2) is 8.47. The molecular weight excluding hydrogens is 424 g/mol. The van der Waals surface area contributed by atoms with Crippen molar-refractivity contribution in [3.05, 3.63) is 58.9 Å². The van der Waals surface area contributed by atoms with E-state index in [2.05, 4.69) is 40.2 Å². The number of rotatable bonds is 3. The minimum absolute atomic E-state index is 0.0256. The van der Waals surface area contributed by atoms with Gasteiger partial charge in [0.15, 0.2) is 0 Å². The van der Waals surface area contributed by atoms with Crippen LogP contribution in [0.25, 0.3) is 0 Å². The second-order valence-corrected chi connectivity index (χ2v) is 8.93. The Morgan fingerprint density at radius 2 is 2.03 bits per heavy atom. The Labute approximate surface area is 193 Å². The van der Waals surface area contributed by atoms with E-state index in [0.717, 1.165) is 61.0 Å². The van der Waals surface area contributed by atoms with Crippen LogP contribution in [-0.4, -0.2) is 33.8 Å². The number of aryl methyl sites for hydroxylation is 2. The maximum Gasteiger partial charge on any atom is 0.230 e. The van der Waals surface area contributed by atoms with E-state index in [1.165, 1.54) is 5.56 Å². The third kappa shape index (κ3) is 3.81. The minimum atomic E-state index is -0.0256. The molecule has 1 fully saturated rings. The molecule has 2 aliphatic heterocycles. The number of fused-ring (bicyclic) bond motifs is 2. The zero-order valence-corrected chi connectivity index (χ0v) is 19.1. The van der Waals surface area contributed by atoms with Crippen LogP contribution in [0.2, 0.25) is 5.02 Å². The summed E-state index contributed by atoms with van der Waals surface area (Å²) in [4.78, 5) is 22.4. The van der Waals surface area contributed by atoms with Crippen molar-refractivity contribution >= 4 is 40.5 Å². The molecule has 0 atom stereocenters. The molecule has 2 aliphatic rings. The maximum absolute atomic E-state index is 13.7. The molecule has 4 heterocycles. The van der Waals surface area contributed by atoms with Gasteiger partial charge in [-0.05, 0) is 62.6 Å². The fourth-order valence-corrected chi connectivity index (χ4v) is 4.79. The fraction of sp³-hybridized carbons (Fsp3) is 0.375. The van der Waals surface area contributed by atoms with E-state index in [4.69, 9.17) is 11.6 Å². The predicted molar refractivity (Wildman–Crippen MR) is 128 cm³/mol. The molecular formula is C24H27ClN6O. The number of carbonyl (C=O) groups excluding carboxylic acids is 1. The third-order valence-corrected chi connectivity index (χ3v) is 6.62. The summed E-state index contributed by atoms with van der Waals surface area (Å²) in [5, 5.41) is 8.58. The number of carbonyl (C=O) groups is 1. The van der Waals surface area contributed by atoms with Crippen LogP contribution in [0.4, 0.5) is 23.0 Å². The molecule has 0 radical (unpaired) electrons. The summed E-state index contributed by atoms with van der Waals surface area (Å²) < 4.78 is 1.92. The van der Waals surface area contributed by atoms with Crippen molar-refractivity contribution in [1.82, 2.24) is 14.8 Å². The highest BCUT2D eigenvalue weighted by Gasteiger charge is 2.33. The summed E-state index contributed by atoms with van der Waals surface area (Å²) in [7, 11) is 0. The molecule has 5 rings (SSSR count). The van der Waals surface area contributed by atoms with Gasteiger partial charge in [0.1, 0.15) is 11.6 Å². The molecule has 32 heavy (non-hydrogen) atoms. The average Bonchev–Trinajstić information content (AvgIpc) is 3.11. The van der Waals surface area contributed by atoms with Crippen LogP contribution in [0.1, 0.15) is 30.9 Å². The molecule has 0 spiro atoms. The highest BCUT2D eigenvalue weighted by Crippen LogP contribution is 2.39. The van der Waals surface area contributed by atoms with Crippen molar-refractivity contribution in [3.8, 4) is 0 Å². The molecule has 0 bridgehead atoms. The van der Waals surface area contributed by atoms with Gasteiger partial charge >= 0.3 is 0 Å². The van der Waals surface area contributed by atoms with Gasteiger partial charge in [0.2, 0.25) is 5.91 Å². The lowest BCUT2D eigenvalue weighted by molar-refractivity contribution is -0.123. The Morgan fingerprint density at radius 1 is 1.22 bits per heavy atom. The molecule has 1 amide bonds. The molecule has 3 aromatic rings. The van der Waals surface area contributed by atoms with E-state index in [1.54, 1.807) is 0 Å². The van der Waals surface area contributed by atoms with Crippen molar-refractivity contribution in [2.75, 3.05) is 28.2 Å². The number of amides is 1. The molecule has 1 N–H and O–H groups in total. The van der Waals surface area contributed by atoms with Gasteiger partial charge in [-0.2, -0.15) is 5.10 Å². The molecule has 166 valence electrons. The van der Waals surface area contributed by atoms with Crippen LogP contribution < -0.4 is 15.1 Å². The summed E-state index contributed by atoms with van der Waals surface area (Å²) >= 11 is 6.29. The zero-order chi connectivity index (χ0) is 22.2. The zero-order valence-electron chi connectivity index (χ0n) is 18.4. The number of benzene rings is 1. The number of hydrogen-bond donors (Lipinski definition) is 1. The van der Waals surface area contributed by atoms with Crippen LogP contribution in [0.5, 0.6) is 0 Å². The maximum atomic E-state index is 13.7. The summed E-state index contributed by atoms with van der Waals surface area (Å²) in [6, 6.07) is 9.77. The highest BCUT2D eigenvalue weighted by molar-refractivity contribution is 6.31. The number of pyridine rings is 1. The lowest BCUT2D eigenvalue weighted by atomic mass is 9.94. The average molecular weight is 451 g/mol. The molecule has 8 heteroatoms. The normalized spacial score (nSPS) is 16.2. The number of halogens is 1. The van der Waals surface area contributed by atoms with Gasteiger partial charge in [0.05, 0.1) is 24.1 Å². The van der Waals surface area contributed by atoms with Crippen molar-refractivity contribution < 1.29 is 4.79 Å². The number of piperidine rings is 1. The van der Waals surface area contributed by atoms with Gasteiger partial charge in [-0.1, -0.05) is 11.6 Å². The number of aromatic nitrogens is 3. The van der Waals surface area contributed by atoms with E-state index in [0.29, 0.717) is 11.6 Å². The minimum Gasteiger partial charge on any atom is -0.357 e. The molecule has 0 saturated carbocycles. The van der Waals surface area contributed by atoms with Crippen molar-refractivity contribution in [1.29, 1.82) is 0 Å². The smallest absolute Gasteiger partial charge is 0.230 e. The van der Waals surface area contributed by atoms with Gasteiger partial charge < -0.3 is 15.1 Å². The Morgan fingerprint density at radius 3 is 2.78 bits per heavy atom. The predicted octanol–water partition coefficient (Wildman–Crippen LogP) is 4.77. The Balaban J connectivity index is 1.39. The first-order valence-corrected chi connectivity index (χ1v) is 11.5. The quantitative estimate of drug-likeness (QED) is 0.622. The Hall–Kier alpha value is -3.06. The van der Waals surface area contributed by atoms with Crippen LogP contribution in [-0.2, 0) is 17.9 Å². The highest BCUT2D eigenvalue weighted by atomic mass is 35.5. The topological polar surface area (TPSA) is 66.3 Å². The van der Waals surface area contributed by atoms with Crippen molar-refractivity contribution in [3.63, 3.8) is 0 Å². The van der Waals surface area contributed by atoms with Crippen LogP contribution in [0, 0.1) is 12.8 Å². The van der Waals surface area contributed by atoms with Crippen molar-refractivity contribution in [2.45, 2.75) is 39.8 Å². The molecule has 7 nitrogen and oxygen atoms in total. The number of anilines is 4. The van der Waals surface area contributed by atoms with Crippen LogP contribution in [0.3, 0.4) is 0 Å². The van der Waals surface area contributed by atoms with E-state index in [-0.39, 0.29) is 11.8 Å². The van der Waals surface area contributed by atoms with Gasteiger partial charge in [-0.15, -0.1) is 0 Å². The van der Waals surface area contributed by atoms with E-state index < -0.39 is 0 Å². The molecule has 1 saturated heterocycles. The summed E-state index contributed by atoms with van der Waals surface area (Å²) in [5.41, 5.74) is 3.90. The number of hydrogen-bond acceptors (Lipinski definition) is 5. The molecule has 0 aliphatic carbocycles. The van der Waals surface area contributed by atoms with E-state index in [1.807, 2.05) is 46.2 Å². The standard InChI is InChI=1S/C24H27ClN6O/c1-3-31-23-18(14-27-31)15-30(21-5-4-19(25)13-20(21)28-23)24(32)17-7-10-29(11-8-17)22-12-16(2)6-9-26-22/h4-6,9,12-14,17,28H,3,7-8,10-11,15H2,1-2H3. The molecule has 0 unspecified atom stereocenters. The summed E-state index contributed by atoms with van der Waals surface area (Å²) in [5.74, 6) is 2.05. The van der Waals surface area contributed by atoms with E-state index >= 15 is 0 Å². The fourth-order valence-electron chi connectivity index (χ4n) is 4.62. The van der Waals surface area contributed by atoms with Gasteiger partial charge in [0.25, 0.3) is 0 Å². The summed E-state index contributed by atoms with van der Waals surface area (Å²) in [6.45, 7) is 7.02. The summed E-state index contributed by atoms with van der Waals surface area (Å²) in [6.07, 6.45) is 5.32. The first-order valence-electron chi connectivity index (χ1n) is 11.1. The monoisotopic (exact) mass is 450 g/mol. The first kappa shape index (κ1) is 20.8. The molecule has 2 aromatic heterocycles. The van der Waals surface area contributed by atoms with Gasteiger partial charge in [-0.25, -0.2) is 9.67 Å². The van der Waals surface area contributed by atoms with Gasteiger partial charge in [0, 0.05) is 42.3 Å². The number of nitrogens with one attached hydrogen (secondary N) is 1. The third-order valence-electron chi connectivity index (χ3n) is 6.38. The van der Waals surface area contributed by atoms with E-state index in [9.17, 15) is 4.79 Å². The van der Waals surface area contributed by atoms with Crippen LogP contribution >= 0.6 is 11.6 Å². The SMILES string of the molecule is CCn1ncc2c1Nc1cc(Cl)ccc1N(C(=O)C1CCN(c3cc(C)ccn3)CC1)C2. The van der Waals surface area contributed by atoms with Crippen molar-refractivity contribution in [2.24, 2.45) is 5.92 Å². The largest absolute Gasteiger partial charge is 0.357 e. The van der Waals surface area contributed by atoms with Gasteiger partial charge in [-0.3, -0.25) is 4.79 Å². The first-order chi connectivity index (χ1) is 15.5. The lowest BCUT2D eigenvalue weighted by Gasteiger charge is -2.35. The van der Waals surface area contributed by atoms with Crippen LogP contribution in [0.15, 0.2) is 42.7 Å². The molecule has 1 aromatic carbocycles. The number of nitrogens with zero attached hydrogens (tertiary/aromatic N) is 5.